The fourth-order valence-corrected chi connectivity index (χ4v) is 1.55. The lowest BCUT2D eigenvalue weighted by Gasteiger charge is -2.10. The van der Waals surface area contributed by atoms with E-state index in [1.807, 2.05) is 12.1 Å². The summed E-state index contributed by atoms with van der Waals surface area (Å²) < 4.78 is 5.13. The van der Waals surface area contributed by atoms with Gasteiger partial charge in [0.2, 0.25) is 5.91 Å². The molecule has 1 amide bonds. The molecule has 1 aromatic rings. The van der Waals surface area contributed by atoms with Crippen molar-refractivity contribution in [3.8, 4) is 5.75 Å². The third-order valence-corrected chi connectivity index (χ3v) is 2.62. The molecule has 106 valence electrons. The molecule has 5 heteroatoms. The molecule has 0 atom stereocenters. The van der Waals surface area contributed by atoms with Crippen LogP contribution in [0.15, 0.2) is 18.2 Å². The topological polar surface area (TPSA) is 76.4 Å². The lowest BCUT2D eigenvalue weighted by Crippen LogP contribution is -2.28. The molecule has 0 saturated heterocycles. The molecule has 0 aromatic heterocycles. The molecule has 1 aromatic carbocycles. The molecule has 0 aliphatic rings. The summed E-state index contributed by atoms with van der Waals surface area (Å²) in [6.45, 7) is 5.43. The Morgan fingerprint density at radius 3 is 2.79 bits per heavy atom. The van der Waals surface area contributed by atoms with Crippen molar-refractivity contribution in [3.05, 3.63) is 18.2 Å². The lowest BCUT2D eigenvalue weighted by molar-refractivity contribution is -0.120. The van der Waals surface area contributed by atoms with E-state index in [0.29, 0.717) is 36.9 Å². The molecule has 0 unspecified atom stereocenters. The molecule has 0 aliphatic carbocycles. The van der Waals surface area contributed by atoms with Gasteiger partial charge >= 0.3 is 0 Å². The van der Waals surface area contributed by atoms with Crippen molar-refractivity contribution in [1.82, 2.24) is 5.32 Å². The molecule has 0 bridgehead atoms. The van der Waals surface area contributed by atoms with E-state index in [9.17, 15) is 4.79 Å². The SMILES string of the molecule is COc1cc(NCCC(=O)NCC(C)C)ccc1N. The summed E-state index contributed by atoms with van der Waals surface area (Å²) in [5.41, 5.74) is 7.22. The van der Waals surface area contributed by atoms with Crippen LogP contribution in [0.3, 0.4) is 0 Å². The number of benzene rings is 1. The highest BCUT2D eigenvalue weighted by atomic mass is 16.5. The summed E-state index contributed by atoms with van der Waals surface area (Å²) in [6.07, 6.45) is 0.444. The number of nitrogen functional groups attached to an aromatic ring is 1. The normalized spacial score (nSPS) is 10.3. The van der Waals surface area contributed by atoms with Crippen molar-refractivity contribution in [2.75, 3.05) is 31.2 Å². The van der Waals surface area contributed by atoms with Gasteiger partial charge in [-0.05, 0) is 18.1 Å². The van der Waals surface area contributed by atoms with E-state index in [-0.39, 0.29) is 5.91 Å². The standard InChI is InChI=1S/C14H23N3O2/c1-10(2)9-17-14(18)6-7-16-11-4-5-12(15)13(8-11)19-3/h4-5,8,10,16H,6-7,9,15H2,1-3H3,(H,17,18). The Labute approximate surface area is 114 Å². The Hall–Kier alpha value is -1.91. The maximum atomic E-state index is 11.5. The molecule has 0 heterocycles. The average Bonchev–Trinajstić information content (AvgIpc) is 2.38. The molecular formula is C14H23N3O2. The Kier molecular flexibility index (Phi) is 5.99. The van der Waals surface area contributed by atoms with Crippen molar-refractivity contribution in [3.63, 3.8) is 0 Å². The first-order valence-electron chi connectivity index (χ1n) is 6.47. The van der Waals surface area contributed by atoms with Gasteiger partial charge in [0.05, 0.1) is 12.8 Å². The second kappa shape index (κ2) is 7.51. The number of rotatable bonds is 7. The number of nitrogens with two attached hydrogens (primary N) is 1. The highest BCUT2D eigenvalue weighted by Gasteiger charge is 2.03. The number of carbonyl (C=O) groups excluding carboxylic acids is 1. The first-order valence-corrected chi connectivity index (χ1v) is 6.47. The number of ether oxygens (including phenoxy) is 1. The summed E-state index contributed by atoms with van der Waals surface area (Å²) in [6, 6.07) is 5.46. The molecule has 19 heavy (non-hydrogen) atoms. The fourth-order valence-electron chi connectivity index (χ4n) is 1.55. The fraction of sp³-hybridized carbons (Fsp3) is 0.500. The van der Waals surface area contributed by atoms with E-state index >= 15 is 0 Å². The van der Waals surface area contributed by atoms with Crippen molar-refractivity contribution >= 4 is 17.3 Å². The molecule has 0 aliphatic heterocycles. The van der Waals surface area contributed by atoms with Crippen LogP contribution in [-0.2, 0) is 4.79 Å². The summed E-state index contributed by atoms with van der Waals surface area (Å²) in [5.74, 6) is 1.16. The van der Waals surface area contributed by atoms with Gasteiger partial charge in [-0.2, -0.15) is 0 Å². The van der Waals surface area contributed by atoms with Crippen LogP contribution >= 0.6 is 0 Å². The van der Waals surface area contributed by atoms with Crippen LogP contribution in [-0.4, -0.2) is 26.1 Å². The van der Waals surface area contributed by atoms with Crippen LogP contribution in [0.4, 0.5) is 11.4 Å². The Morgan fingerprint density at radius 1 is 1.42 bits per heavy atom. The first-order chi connectivity index (χ1) is 9.02. The first kappa shape index (κ1) is 15.1. The van der Waals surface area contributed by atoms with Crippen molar-refractivity contribution in [2.45, 2.75) is 20.3 Å². The number of methoxy groups -OCH3 is 1. The summed E-state index contributed by atoms with van der Waals surface area (Å²) in [4.78, 5) is 11.5. The Morgan fingerprint density at radius 2 is 2.16 bits per heavy atom. The number of hydrogen-bond donors (Lipinski definition) is 3. The highest BCUT2D eigenvalue weighted by molar-refractivity contribution is 5.76. The monoisotopic (exact) mass is 265 g/mol. The molecule has 0 fully saturated rings. The lowest BCUT2D eigenvalue weighted by atomic mass is 10.2. The summed E-state index contributed by atoms with van der Waals surface area (Å²) >= 11 is 0. The summed E-state index contributed by atoms with van der Waals surface area (Å²) in [5, 5.41) is 6.05. The van der Waals surface area contributed by atoms with E-state index < -0.39 is 0 Å². The van der Waals surface area contributed by atoms with Gasteiger partial charge in [-0.15, -0.1) is 0 Å². The van der Waals surface area contributed by atoms with E-state index in [4.69, 9.17) is 10.5 Å². The number of hydrogen-bond acceptors (Lipinski definition) is 4. The smallest absolute Gasteiger partial charge is 0.221 e. The Bertz CT molecular complexity index is 419. The van der Waals surface area contributed by atoms with Gasteiger partial charge in [0.15, 0.2) is 0 Å². The van der Waals surface area contributed by atoms with E-state index in [1.54, 1.807) is 13.2 Å². The second-order valence-electron chi connectivity index (χ2n) is 4.83. The van der Waals surface area contributed by atoms with Crippen LogP contribution in [0.2, 0.25) is 0 Å². The van der Waals surface area contributed by atoms with Gasteiger partial charge in [-0.3, -0.25) is 4.79 Å². The zero-order valence-electron chi connectivity index (χ0n) is 11.8. The highest BCUT2D eigenvalue weighted by Crippen LogP contribution is 2.24. The van der Waals surface area contributed by atoms with Gasteiger partial charge in [0.1, 0.15) is 5.75 Å². The van der Waals surface area contributed by atoms with E-state index in [0.717, 1.165) is 5.69 Å². The molecule has 5 nitrogen and oxygen atoms in total. The number of anilines is 2. The van der Waals surface area contributed by atoms with Crippen LogP contribution in [0.5, 0.6) is 5.75 Å². The van der Waals surface area contributed by atoms with Crippen LogP contribution < -0.4 is 21.1 Å². The maximum absolute atomic E-state index is 11.5. The maximum Gasteiger partial charge on any atom is 0.221 e. The minimum atomic E-state index is 0.0589. The second-order valence-corrected chi connectivity index (χ2v) is 4.83. The average molecular weight is 265 g/mol. The van der Waals surface area contributed by atoms with Crippen molar-refractivity contribution < 1.29 is 9.53 Å². The van der Waals surface area contributed by atoms with Crippen LogP contribution in [0, 0.1) is 5.92 Å². The molecule has 0 saturated carbocycles. The number of nitrogens with one attached hydrogen (secondary N) is 2. The zero-order valence-corrected chi connectivity index (χ0v) is 11.8. The minimum Gasteiger partial charge on any atom is -0.495 e. The predicted octanol–water partition coefficient (Wildman–Crippen LogP) is 1.85. The largest absolute Gasteiger partial charge is 0.495 e. The molecule has 4 N–H and O–H groups in total. The van der Waals surface area contributed by atoms with Gasteiger partial charge < -0.3 is 21.1 Å². The van der Waals surface area contributed by atoms with Gasteiger partial charge in [-0.1, -0.05) is 13.8 Å². The van der Waals surface area contributed by atoms with Crippen LogP contribution in [0.1, 0.15) is 20.3 Å². The van der Waals surface area contributed by atoms with Crippen molar-refractivity contribution in [2.24, 2.45) is 5.92 Å². The van der Waals surface area contributed by atoms with Crippen LogP contribution in [0.25, 0.3) is 0 Å². The minimum absolute atomic E-state index is 0.0589. The predicted molar refractivity (Wildman–Crippen MR) is 78.4 cm³/mol. The number of amides is 1. The Balaban J connectivity index is 2.35. The zero-order chi connectivity index (χ0) is 14.3. The van der Waals surface area contributed by atoms with E-state index in [1.165, 1.54) is 0 Å². The third kappa shape index (κ3) is 5.50. The third-order valence-electron chi connectivity index (χ3n) is 2.62. The van der Waals surface area contributed by atoms with Crippen molar-refractivity contribution in [1.29, 1.82) is 0 Å². The molecule has 0 spiro atoms. The molecule has 0 radical (unpaired) electrons. The number of carbonyl (C=O) groups is 1. The van der Waals surface area contributed by atoms with Gasteiger partial charge in [0.25, 0.3) is 0 Å². The van der Waals surface area contributed by atoms with Gasteiger partial charge in [0, 0.05) is 31.3 Å². The van der Waals surface area contributed by atoms with Gasteiger partial charge in [-0.25, -0.2) is 0 Å². The quantitative estimate of drug-likeness (QED) is 0.658. The molecular weight excluding hydrogens is 242 g/mol. The van der Waals surface area contributed by atoms with E-state index in [2.05, 4.69) is 24.5 Å². The summed E-state index contributed by atoms with van der Waals surface area (Å²) in [7, 11) is 1.58. The molecule has 1 rings (SSSR count).